The van der Waals surface area contributed by atoms with Gasteiger partial charge in [-0.05, 0) is 43.0 Å². The third-order valence-corrected chi connectivity index (χ3v) is 3.77. The fraction of sp³-hybridized carbons (Fsp3) is 0.235. The Morgan fingerprint density at radius 2 is 1.90 bits per heavy atom. The molecule has 2 N–H and O–H groups in total. The number of fused-ring (bicyclic) bond motifs is 1. The minimum absolute atomic E-state index is 0.110. The Morgan fingerprint density at radius 1 is 1.14 bits per heavy atom. The molecule has 4 heteroatoms. The highest BCUT2D eigenvalue weighted by molar-refractivity contribution is 6.03. The average Bonchev–Trinajstić information content (AvgIpc) is 2.48. The van der Waals surface area contributed by atoms with Gasteiger partial charge in [0.1, 0.15) is 11.9 Å². The van der Waals surface area contributed by atoms with Crippen molar-refractivity contribution >= 4 is 17.3 Å². The lowest BCUT2D eigenvalue weighted by Crippen LogP contribution is -2.39. The summed E-state index contributed by atoms with van der Waals surface area (Å²) in [4.78, 5) is 12.1. The van der Waals surface area contributed by atoms with Crippen LogP contribution in [0.3, 0.4) is 0 Å². The van der Waals surface area contributed by atoms with Crippen LogP contribution in [0.4, 0.5) is 15.8 Å². The van der Waals surface area contributed by atoms with E-state index in [1.165, 1.54) is 11.6 Å². The zero-order valence-electron chi connectivity index (χ0n) is 11.8. The van der Waals surface area contributed by atoms with Crippen LogP contribution in [0.2, 0.25) is 0 Å². The summed E-state index contributed by atoms with van der Waals surface area (Å²) in [6.07, 6.45) is 1.52. The van der Waals surface area contributed by atoms with E-state index in [4.69, 9.17) is 0 Å². The van der Waals surface area contributed by atoms with Gasteiger partial charge in [-0.25, -0.2) is 4.39 Å². The molecule has 3 rings (SSSR count). The van der Waals surface area contributed by atoms with Gasteiger partial charge in [0.05, 0.1) is 11.4 Å². The van der Waals surface area contributed by atoms with Gasteiger partial charge in [0.15, 0.2) is 0 Å². The standard InChI is InChI=1S/C17H17FN2O/c1-11-9-15-16(10-13(11)18)20-17(21)14(19-15)8-7-12-5-3-2-4-6-12/h2-6,9-10,14,19H,7-8H2,1H3,(H,20,21). The van der Waals surface area contributed by atoms with E-state index in [9.17, 15) is 9.18 Å². The second kappa shape index (κ2) is 5.56. The first-order valence-corrected chi connectivity index (χ1v) is 7.05. The van der Waals surface area contributed by atoms with E-state index in [1.54, 1.807) is 13.0 Å². The van der Waals surface area contributed by atoms with Crippen LogP contribution in [0.15, 0.2) is 42.5 Å². The van der Waals surface area contributed by atoms with Crippen molar-refractivity contribution in [3.05, 3.63) is 59.4 Å². The predicted molar refractivity (Wildman–Crippen MR) is 81.9 cm³/mol. The van der Waals surface area contributed by atoms with Crippen LogP contribution in [-0.4, -0.2) is 11.9 Å². The van der Waals surface area contributed by atoms with Crippen LogP contribution in [0, 0.1) is 12.7 Å². The molecule has 0 radical (unpaired) electrons. The smallest absolute Gasteiger partial charge is 0.246 e. The van der Waals surface area contributed by atoms with Crippen LogP contribution in [-0.2, 0) is 11.2 Å². The highest BCUT2D eigenvalue weighted by Crippen LogP contribution is 2.30. The summed E-state index contributed by atoms with van der Waals surface area (Å²) in [6.45, 7) is 1.71. The summed E-state index contributed by atoms with van der Waals surface area (Å²) < 4.78 is 13.5. The number of rotatable bonds is 3. The number of aryl methyl sites for hydroxylation is 2. The van der Waals surface area contributed by atoms with Crippen molar-refractivity contribution in [3.8, 4) is 0 Å². The Bertz CT molecular complexity index is 670. The Labute approximate surface area is 123 Å². The molecule has 1 aliphatic rings. The second-order valence-electron chi connectivity index (χ2n) is 5.36. The van der Waals surface area contributed by atoms with E-state index in [0.717, 1.165) is 12.1 Å². The van der Waals surface area contributed by atoms with Gasteiger partial charge < -0.3 is 10.6 Å². The molecular weight excluding hydrogens is 267 g/mol. The van der Waals surface area contributed by atoms with Crippen LogP contribution >= 0.6 is 0 Å². The molecule has 1 aliphatic heterocycles. The zero-order valence-corrected chi connectivity index (χ0v) is 11.8. The Hall–Kier alpha value is -2.36. The van der Waals surface area contributed by atoms with Crippen LogP contribution < -0.4 is 10.6 Å². The molecule has 0 aliphatic carbocycles. The summed E-state index contributed by atoms with van der Waals surface area (Å²) >= 11 is 0. The lowest BCUT2D eigenvalue weighted by Gasteiger charge is -2.27. The molecular formula is C17H17FN2O. The summed E-state index contributed by atoms with van der Waals surface area (Å²) in [5, 5.41) is 5.98. The summed E-state index contributed by atoms with van der Waals surface area (Å²) in [5.74, 6) is -0.416. The van der Waals surface area contributed by atoms with Crippen molar-refractivity contribution in [2.75, 3.05) is 10.6 Å². The van der Waals surface area contributed by atoms with Crippen LogP contribution in [0.5, 0.6) is 0 Å². The molecule has 1 atom stereocenters. The molecule has 1 amide bonds. The minimum Gasteiger partial charge on any atom is -0.372 e. The molecule has 0 saturated carbocycles. The van der Waals surface area contributed by atoms with Crippen molar-refractivity contribution in [3.63, 3.8) is 0 Å². The highest BCUT2D eigenvalue weighted by Gasteiger charge is 2.25. The first-order valence-electron chi connectivity index (χ1n) is 7.05. The van der Waals surface area contributed by atoms with Gasteiger partial charge in [-0.1, -0.05) is 30.3 Å². The molecule has 21 heavy (non-hydrogen) atoms. The van der Waals surface area contributed by atoms with E-state index in [-0.39, 0.29) is 17.8 Å². The van der Waals surface area contributed by atoms with E-state index >= 15 is 0 Å². The average molecular weight is 284 g/mol. The number of hydrogen-bond acceptors (Lipinski definition) is 2. The Morgan fingerprint density at radius 3 is 2.67 bits per heavy atom. The van der Waals surface area contributed by atoms with Crippen LogP contribution in [0.25, 0.3) is 0 Å². The maximum absolute atomic E-state index is 13.5. The minimum atomic E-state index is -0.307. The van der Waals surface area contributed by atoms with Crippen LogP contribution in [0.1, 0.15) is 17.5 Å². The molecule has 0 bridgehead atoms. The lowest BCUT2D eigenvalue weighted by molar-refractivity contribution is -0.117. The summed E-state index contributed by atoms with van der Waals surface area (Å²) in [5.41, 5.74) is 3.07. The molecule has 2 aromatic carbocycles. The monoisotopic (exact) mass is 284 g/mol. The van der Waals surface area contributed by atoms with Gasteiger partial charge in [-0.15, -0.1) is 0 Å². The van der Waals surface area contributed by atoms with Crippen molar-refractivity contribution in [2.24, 2.45) is 0 Å². The van der Waals surface area contributed by atoms with Crippen molar-refractivity contribution in [1.82, 2.24) is 0 Å². The fourth-order valence-electron chi connectivity index (χ4n) is 2.54. The van der Waals surface area contributed by atoms with E-state index < -0.39 is 0 Å². The number of carbonyl (C=O) groups excluding carboxylic acids is 1. The van der Waals surface area contributed by atoms with E-state index in [0.29, 0.717) is 17.7 Å². The molecule has 0 fully saturated rings. The van der Waals surface area contributed by atoms with E-state index in [2.05, 4.69) is 10.6 Å². The summed E-state index contributed by atoms with van der Waals surface area (Å²) in [7, 11) is 0. The largest absolute Gasteiger partial charge is 0.372 e. The zero-order chi connectivity index (χ0) is 14.8. The van der Waals surface area contributed by atoms with E-state index in [1.807, 2.05) is 30.3 Å². The molecule has 0 aromatic heterocycles. The third-order valence-electron chi connectivity index (χ3n) is 3.77. The first kappa shape index (κ1) is 13.6. The maximum atomic E-state index is 13.5. The Balaban J connectivity index is 1.73. The number of anilines is 2. The van der Waals surface area contributed by atoms with Gasteiger partial charge >= 0.3 is 0 Å². The normalized spacial score (nSPS) is 16.9. The number of hydrogen-bond donors (Lipinski definition) is 2. The quantitative estimate of drug-likeness (QED) is 0.905. The molecule has 3 nitrogen and oxygen atoms in total. The SMILES string of the molecule is Cc1cc2c(cc1F)NC(=O)C(CCc1ccccc1)N2. The van der Waals surface area contributed by atoms with Gasteiger partial charge in [0.2, 0.25) is 5.91 Å². The lowest BCUT2D eigenvalue weighted by atomic mass is 10.0. The number of benzene rings is 2. The van der Waals surface area contributed by atoms with Crippen molar-refractivity contribution in [1.29, 1.82) is 0 Å². The molecule has 0 spiro atoms. The fourth-order valence-corrected chi connectivity index (χ4v) is 2.54. The molecule has 0 saturated heterocycles. The number of carbonyl (C=O) groups is 1. The Kier molecular flexibility index (Phi) is 3.60. The number of nitrogens with one attached hydrogen (secondary N) is 2. The molecule has 1 heterocycles. The van der Waals surface area contributed by atoms with Gasteiger partial charge in [0, 0.05) is 0 Å². The first-order chi connectivity index (χ1) is 10.1. The van der Waals surface area contributed by atoms with Gasteiger partial charge in [-0.3, -0.25) is 4.79 Å². The third kappa shape index (κ3) is 2.89. The number of halogens is 1. The topological polar surface area (TPSA) is 41.1 Å². The summed E-state index contributed by atoms with van der Waals surface area (Å²) in [6, 6.07) is 12.9. The van der Waals surface area contributed by atoms with Gasteiger partial charge in [-0.2, -0.15) is 0 Å². The molecule has 108 valence electrons. The second-order valence-corrected chi connectivity index (χ2v) is 5.36. The highest BCUT2D eigenvalue weighted by atomic mass is 19.1. The molecule has 2 aromatic rings. The number of amides is 1. The van der Waals surface area contributed by atoms with Crippen molar-refractivity contribution < 1.29 is 9.18 Å². The predicted octanol–water partition coefficient (Wildman–Crippen LogP) is 3.50. The van der Waals surface area contributed by atoms with Crippen molar-refractivity contribution in [2.45, 2.75) is 25.8 Å². The van der Waals surface area contributed by atoms with Gasteiger partial charge in [0.25, 0.3) is 0 Å². The molecule has 1 unspecified atom stereocenters. The maximum Gasteiger partial charge on any atom is 0.246 e.